The van der Waals surface area contributed by atoms with Gasteiger partial charge in [0.1, 0.15) is 5.82 Å². The van der Waals surface area contributed by atoms with Crippen molar-refractivity contribution in [2.24, 2.45) is 5.92 Å². The summed E-state index contributed by atoms with van der Waals surface area (Å²) in [4.78, 5) is 16.9. The van der Waals surface area contributed by atoms with Gasteiger partial charge in [-0.2, -0.15) is 13.2 Å². The zero-order valence-electron chi connectivity index (χ0n) is 12.7. The van der Waals surface area contributed by atoms with Crippen molar-refractivity contribution in [2.45, 2.75) is 32.5 Å². The monoisotopic (exact) mass is 378 g/mol. The molecular formula is C16H15Cl2F3N2O. The summed E-state index contributed by atoms with van der Waals surface area (Å²) in [5.41, 5.74) is -0.0237. The molecule has 0 saturated carbocycles. The third-order valence-corrected chi connectivity index (χ3v) is 4.62. The molecule has 0 radical (unpaired) electrons. The minimum atomic E-state index is -4.58. The van der Waals surface area contributed by atoms with E-state index in [1.54, 1.807) is 6.20 Å². The average Bonchev–Trinajstić information content (AvgIpc) is 2.86. The van der Waals surface area contributed by atoms with Crippen molar-refractivity contribution in [3.63, 3.8) is 0 Å². The Morgan fingerprint density at radius 2 is 2.08 bits per heavy atom. The molecule has 1 aromatic carbocycles. The Bertz CT molecular complexity index is 771. The summed E-state index contributed by atoms with van der Waals surface area (Å²) in [6.45, 7) is 2.57. The molecule has 3 rings (SSSR count). The summed E-state index contributed by atoms with van der Waals surface area (Å²) in [6, 6.07) is 3.46. The summed E-state index contributed by atoms with van der Waals surface area (Å²) >= 11 is 5.85. The van der Waals surface area contributed by atoms with E-state index in [0.717, 1.165) is 17.6 Å². The zero-order valence-corrected chi connectivity index (χ0v) is 14.3. The number of rotatable bonds is 2. The van der Waals surface area contributed by atoms with Crippen molar-refractivity contribution in [3.8, 4) is 0 Å². The van der Waals surface area contributed by atoms with Gasteiger partial charge >= 0.3 is 6.18 Å². The predicted octanol–water partition coefficient (Wildman–Crippen LogP) is 4.73. The second-order valence-electron chi connectivity index (χ2n) is 5.69. The van der Waals surface area contributed by atoms with Gasteiger partial charge in [-0.3, -0.25) is 4.79 Å². The van der Waals surface area contributed by atoms with E-state index < -0.39 is 22.7 Å². The largest absolute Gasteiger partial charge is 0.417 e. The molecule has 2 aromatic rings. The topological polar surface area (TPSA) is 34.9 Å². The molecule has 0 N–H and O–H groups in total. The number of hydrogen-bond donors (Lipinski definition) is 0. The smallest absolute Gasteiger partial charge is 0.332 e. The van der Waals surface area contributed by atoms with Crippen LogP contribution in [0.1, 0.15) is 33.9 Å². The van der Waals surface area contributed by atoms with Gasteiger partial charge in [-0.15, -0.1) is 12.4 Å². The van der Waals surface area contributed by atoms with Crippen LogP contribution in [0.15, 0.2) is 24.4 Å². The molecule has 0 fully saturated rings. The van der Waals surface area contributed by atoms with Crippen molar-refractivity contribution < 1.29 is 18.0 Å². The number of Topliss-reactive ketones (excluding diaryl/α,β-unsaturated/α-hetero) is 1. The molecule has 1 aliphatic heterocycles. The molecule has 1 aliphatic rings. The number of halogens is 5. The maximum Gasteiger partial charge on any atom is 0.417 e. The Morgan fingerprint density at radius 3 is 2.75 bits per heavy atom. The van der Waals surface area contributed by atoms with Crippen LogP contribution in [0.4, 0.5) is 13.2 Å². The second kappa shape index (κ2) is 6.76. The van der Waals surface area contributed by atoms with Gasteiger partial charge in [-0.25, -0.2) is 4.98 Å². The van der Waals surface area contributed by atoms with Gasteiger partial charge in [0.05, 0.1) is 10.6 Å². The highest BCUT2D eigenvalue weighted by Crippen LogP contribution is 2.37. The highest BCUT2D eigenvalue weighted by molar-refractivity contribution is 6.34. The zero-order chi connectivity index (χ0) is 16.8. The van der Waals surface area contributed by atoms with Gasteiger partial charge in [-0.1, -0.05) is 17.7 Å². The normalized spacial score (nSPS) is 17.1. The average molecular weight is 379 g/mol. The van der Waals surface area contributed by atoms with Crippen molar-refractivity contribution in [3.05, 3.63) is 52.1 Å². The quantitative estimate of drug-likeness (QED) is 0.707. The molecule has 0 spiro atoms. The molecule has 1 unspecified atom stereocenters. The standard InChI is InChI=1S/C16H14ClF3N2O.ClH/c1-9-8-21-13-7-10(5-6-22(9)13)15(23)11-3-2-4-12(14(11)17)16(18,19)20;/h2-4,8,10H,5-7H2,1H3;1H. The molecule has 8 heteroatoms. The van der Waals surface area contributed by atoms with E-state index in [1.165, 1.54) is 12.1 Å². The lowest BCUT2D eigenvalue weighted by atomic mass is 9.88. The molecule has 1 aromatic heterocycles. The lowest BCUT2D eigenvalue weighted by Crippen LogP contribution is -2.27. The second-order valence-corrected chi connectivity index (χ2v) is 6.06. The van der Waals surface area contributed by atoms with Crippen LogP contribution in [0.3, 0.4) is 0 Å². The van der Waals surface area contributed by atoms with Gasteiger partial charge in [0.2, 0.25) is 0 Å². The number of alkyl halides is 3. The van der Waals surface area contributed by atoms with Gasteiger partial charge < -0.3 is 4.57 Å². The molecule has 1 atom stereocenters. The minimum absolute atomic E-state index is 0. The van der Waals surface area contributed by atoms with E-state index >= 15 is 0 Å². The molecule has 0 saturated heterocycles. The number of nitrogens with zero attached hydrogens (tertiary/aromatic N) is 2. The number of carbonyl (C=O) groups excluding carboxylic acids is 1. The van der Waals surface area contributed by atoms with E-state index in [0.29, 0.717) is 19.4 Å². The number of imidazole rings is 1. The summed E-state index contributed by atoms with van der Waals surface area (Å²) in [5.74, 6) is 0.0356. The van der Waals surface area contributed by atoms with Crippen LogP contribution in [-0.2, 0) is 19.1 Å². The SMILES string of the molecule is Cc1cnc2n1CCC(C(=O)c1cccc(C(F)(F)F)c1Cl)C2.Cl. The van der Waals surface area contributed by atoms with Gasteiger partial charge in [0, 0.05) is 36.3 Å². The molecule has 0 aliphatic carbocycles. The highest BCUT2D eigenvalue weighted by atomic mass is 35.5. The predicted molar refractivity (Wildman–Crippen MR) is 86.8 cm³/mol. The summed E-state index contributed by atoms with van der Waals surface area (Å²) in [6.07, 6.45) is -1.86. The van der Waals surface area contributed by atoms with Crippen LogP contribution < -0.4 is 0 Å². The number of carbonyl (C=O) groups is 1. The van der Waals surface area contributed by atoms with Gasteiger partial charge in [0.25, 0.3) is 0 Å². The lowest BCUT2D eigenvalue weighted by Gasteiger charge is -2.24. The first kappa shape index (κ1) is 18.8. The number of aromatic nitrogens is 2. The summed E-state index contributed by atoms with van der Waals surface area (Å²) in [7, 11) is 0. The maximum atomic E-state index is 12.9. The van der Waals surface area contributed by atoms with Crippen LogP contribution in [-0.4, -0.2) is 15.3 Å². The van der Waals surface area contributed by atoms with Crippen molar-refractivity contribution >= 4 is 29.8 Å². The first-order valence-electron chi connectivity index (χ1n) is 7.20. The Kier molecular flexibility index (Phi) is 5.30. The maximum absolute atomic E-state index is 12.9. The third kappa shape index (κ3) is 3.30. The fourth-order valence-electron chi connectivity index (χ4n) is 2.97. The number of fused-ring (bicyclic) bond motifs is 1. The Labute approximate surface area is 148 Å². The first-order valence-corrected chi connectivity index (χ1v) is 7.57. The van der Waals surface area contributed by atoms with Crippen LogP contribution in [0.5, 0.6) is 0 Å². The fraction of sp³-hybridized carbons (Fsp3) is 0.375. The summed E-state index contributed by atoms with van der Waals surface area (Å²) in [5, 5.41) is -0.518. The van der Waals surface area contributed by atoms with E-state index in [4.69, 9.17) is 11.6 Å². The fourth-order valence-corrected chi connectivity index (χ4v) is 3.30. The van der Waals surface area contributed by atoms with Gasteiger partial charge in [0.15, 0.2) is 5.78 Å². The van der Waals surface area contributed by atoms with E-state index in [2.05, 4.69) is 4.98 Å². The van der Waals surface area contributed by atoms with Crippen LogP contribution >= 0.6 is 24.0 Å². The van der Waals surface area contributed by atoms with E-state index in [9.17, 15) is 18.0 Å². The molecule has 0 amide bonds. The van der Waals surface area contributed by atoms with Crippen LogP contribution in [0, 0.1) is 12.8 Å². The minimum Gasteiger partial charge on any atom is -0.332 e. The van der Waals surface area contributed by atoms with E-state index in [1.807, 2.05) is 11.5 Å². The summed E-state index contributed by atoms with van der Waals surface area (Å²) < 4.78 is 40.8. The number of benzene rings is 1. The van der Waals surface area contributed by atoms with Crippen molar-refractivity contribution in [1.82, 2.24) is 9.55 Å². The number of ketones is 1. The lowest BCUT2D eigenvalue weighted by molar-refractivity contribution is -0.137. The Morgan fingerprint density at radius 1 is 1.38 bits per heavy atom. The van der Waals surface area contributed by atoms with Gasteiger partial charge in [-0.05, 0) is 25.5 Å². The molecular weight excluding hydrogens is 364 g/mol. The molecule has 2 heterocycles. The van der Waals surface area contributed by atoms with E-state index in [-0.39, 0.29) is 23.8 Å². The van der Waals surface area contributed by atoms with Crippen molar-refractivity contribution in [2.75, 3.05) is 0 Å². The van der Waals surface area contributed by atoms with Crippen LogP contribution in [0.2, 0.25) is 5.02 Å². The number of hydrogen-bond acceptors (Lipinski definition) is 2. The van der Waals surface area contributed by atoms with Crippen molar-refractivity contribution in [1.29, 1.82) is 0 Å². The Balaban J connectivity index is 0.00000208. The number of aryl methyl sites for hydroxylation is 1. The third-order valence-electron chi connectivity index (χ3n) is 4.21. The molecule has 130 valence electrons. The highest BCUT2D eigenvalue weighted by Gasteiger charge is 2.36. The first-order chi connectivity index (χ1) is 10.8. The Hall–Kier alpha value is -1.53. The molecule has 24 heavy (non-hydrogen) atoms. The molecule has 3 nitrogen and oxygen atoms in total. The van der Waals surface area contributed by atoms with Crippen LogP contribution in [0.25, 0.3) is 0 Å². The molecule has 0 bridgehead atoms.